The number of aliphatic hydroxyl groups excluding tert-OH is 1. The van der Waals surface area contributed by atoms with E-state index in [9.17, 15) is 0 Å². The monoisotopic (exact) mass is 240 g/mol. The lowest BCUT2D eigenvalue weighted by Crippen LogP contribution is -2.40. The lowest BCUT2D eigenvalue weighted by Gasteiger charge is -2.36. The molecule has 3 nitrogen and oxygen atoms in total. The predicted octanol–water partition coefficient (Wildman–Crippen LogP) is 2.29. The van der Waals surface area contributed by atoms with Crippen LogP contribution in [0, 0.1) is 5.92 Å². The molecule has 3 heteroatoms. The van der Waals surface area contributed by atoms with E-state index in [0.29, 0.717) is 5.92 Å². The third kappa shape index (κ3) is 3.80. The molecule has 0 aromatic heterocycles. The first kappa shape index (κ1) is 13.1. The Morgan fingerprint density at radius 2 is 2.18 bits per heavy atom. The van der Waals surface area contributed by atoms with Gasteiger partial charge in [0, 0.05) is 13.2 Å². The molecule has 0 aromatic carbocycles. The second kappa shape index (κ2) is 6.53. The summed E-state index contributed by atoms with van der Waals surface area (Å²) >= 11 is 0. The van der Waals surface area contributed by atoms with E-state index in [4.69, 9.17) is 14.6 Å². The molecule has 98 valence electrons. The fraction of sp³-hybridized carbons (Fsp3) is 0.857. The highest BCUT2D eigenvalue weighted by molar-refractivity contribution is 4.97. The van der Waals surface area contributed by atoms with Crippen LogP contribution in [0.25, 0.3) is 0 Å². The van der Waals surface area contributed by atoms with E-state index in [2.05, 4.69) is 19.1 Å². The van der Waals surface area contributed by atoms with Crippen LogP contribution >= 0.6 is 0 Å². The van der Waals surface area contributed by atoms with Crippen LogP contribution in [0.5, 0.6) is 0 Å². The zero-order chi connectivity index (χ0) is 12.1. The van der Waals surface area contributed by atoms with Crippen molar-refractivity contribution in [3.8, 4) is 0 Å². The third-order valence-corrected chi connectivity index (χ3v) is 3.63. The first-order chi connectivity index (χ1) is 8.29. The van der Waals surface area contributed by atoms with E-state index >= 15 is 0 Å². The topological polar surface area (TPSA) is 38.7 Å². The molecular formula is C14H24O3. The highest BCUT2D eigenvalue weighted by Gasteiger charge is 2.30. The van der Waals surface area contributed by atoms with E-state index in [1.54, 1.807) is 0 Å². The molecule has 0 radical (unpaired) electrons. The van der Waals surface area contributed by atoms with Crippen molar-refractivity contribution in [3.05, 3.63) is 12.2 Å². The molecule has 1 saturated heterocycles. The van der Waals surface area contributed by atoms with Crippen molar-refractivity contribution >= 4 is 0 Å². The summed E-state index contributed by atoms with van der Waals surface area (Å²) in [6, 6.07) is 0. The molecule has 2 aliphatic heterocycles. The van der Waals surface area contributed by atoms with Crippen LogP contribution in [-0.4, -0.2) is 36.6 Å². The Bertz CT molecular complexity index is 252. The van der Waals surface area contributed by atoms with Crippen molar-refractivity contribution in [3.63, 3.8) is 0 Å². The Kier molecular flexibility index (Phi) is 5.01. The van der Waals surface area contributed by atoms with Gasteiger partial charge in [-0.1, -0.05) is 19.1 Å². The first-order valence-corrected chi connectivity index (χ1v) is 6.86. The van der Waals surface area contributed by atoms with Gasteiger partial charge in [-0.3, -0.25) is 0 Å². The summed E-state index contributed by atoms with van der Waals surface area (Å²) in [5, 5.41) is 8.90. The molecular weight excluding hydrogens is 216 g/mol. The van der Waals surface area contributed by atoms with Gasteiger partial charge in [0.15, 0.2) is 0 Å². The molecule has 2 rings (SSSR count). The molecule has 1 N–H and O–H groups in total. The molecule has 4 atom stereocenters. The molecule has 0 spiro atoms. The molecule has 0 bridgehead atoms. The van der Waals surface area contributed by atoms with E-state index in [0.717, 1.165) is 38.7 Å². The zero-order valence-electron chi connectivity index (χ0n) is 10.7. The van der Waals surface area contributed by atoms with E-state index < -0.39 is 0 Å². The van der Waals surface area contributed by atoms with Crippen molar-refractivity contribution in [2.45, 2.75) is 57.3 Å². The fourth-order valence-electron chi connectivity index (χ4n) is 2.67. The number of hydrogen-bond acceptors (Lipinski definition) is 3. The minimum Gasteiger partial charge on any atom is -0.396 e. The van der Waals surface area contributed by atoms with Crippen LogP contribution < -0.4 is 0 Å². The van der Waals surface area contributed by atoms with Crippen molar-refractivity contribution in [1.29, 1.82) is 0 Å². The lowest BCUT2D eigenvalue weighted by atomic mass is 9.93. The van der Waals surface area contributed by atoms with Gasteiger partial charge in [0.05, 0.1) is 18.3 Å². The summed E-state index contributed by atoms with van der Waals surface area (Å²) in [7, 11) is 0. The third-order valence-electron chi connectivity index (χ3n) is 3.63. The van der Waals surface area contributed by atoms with Gasteiger partial charge >= 0.3 is 0 Å². The summed E-state index contributed by atoms with van der Waals surface area (Å²) in [6.45, 7) is 3.36. The van der Waals surface area contributed by atoms with Crippen LogP contribution in [0.15, 0.2) is 12.2 Å². The minimum absolute atomic E-state index is 0.152. The normalized spacial score (nSPS) is 40.1. The lowest BCUT2D eigenvalue weighted by molar-refractivity contribution is -0.129. The Morgan fingerprint density at radius 3 is 3.00 bits per heavy atom. The van der Waals surface area contributed by atoms with Gasteiger partial charge in [0.25, 0.3) is 0 Å². The average Bonchev–Trinajstić information content (AvgIpc) is 2.32. The minimum atomic E-state index is 0.152. The second-order valence-corrected chi connectivity index (χ2v) is 5.23. The zero-order valence-corrected chi connectivity index (χ0v) is 10.7. The summed E-state index contributed by atoms with van der Waals surface area (Å²) in [4.78, 5) is 0. The number of aliphatic hydroxyl groups is 1. The quantitative estimate of drug-likeness (QED) is 0.769. The smallest absolute Gasteiger partial charge is 0.0845 e. The molecule has 0 unspecified atom stereocenters. The number of fused-ring (bicyclic) bond motifs is 1. The molecule has 0 aliphatic carbocycles. The number of hydrogen-bond donors (Lipinski definition) is 1. The van der Waals surface area contributed by atoms with Gasteiger partial charge in [-0.2, -0.15) is 0 Å². The summed E-state index contributed by atoms with van der Waals surface area (Å²) in [6.07, 6.45) is 10.1. The first-order valence-electron chi connectivity index (χ1n) is 6.86. The molecule has 2 heterocycles. The van der Waals surface area contributed by atoms with Crippen molar-refractivity contribution in [2.75, 3.05) is 13.2 Å². The van der Waals surface area contributed by atoms with Gasteiger partial charge < -0.3 is 14.6 Å². The van der Waals surface area contributed by atoms with E-state index in [-0.39, 0.29) is 24.9 Å². The molecule has 0 saturated carbocycles. The van der Waals surface area contributed by atoms with Gasteiger partial charge in [-0.15, -0.1) is 0 Å². The number of allylic oxidation sites excluding steroid dienone is 1. The Labute approximate surface area is 104 Å². The maximum atomic E-state index is 8.90. The van der Waals surface area contributed by atoms with Crippen LogP contribution in [-0.2, 0) is 9.47 Å². The Hall–Kier alpha value is -0.380. The highest BCUT2D eigenvalue weighted by Crippen LogP contribution is 2.27. The largest absolute Gasteiger partial charge is 0.396 e. The van der Waals surface area contributed by atoms with Crippen molar-refractivity contribution in [1.82, 2.24) is 0 Å². The van der Waals surface area contributed by atoms with Crippen LogP contribution in [0.4, 0.5) is 0 Å². The van der Waals surface area contributed by atoms with Crippen molar-refractivity contribution in [2.24, 2.45) is 5.92 Å². The molecule has 2 aliphatic rings. The SMILES string of the molecule is C[C@@H]1/C=C\[C@@H](CCCO)O[C@H]2CCCO[C@@H]2C1. The van der Waals surface area contributed by atoms with E-state index in [1.807, 2.05) is 0 Å². The Balaban J connectivity index is 1.99. The average molecular weight is 240 g/mol. The second-order valence-electron chi connectivity index (χ2n) is 5.23. The molecule has 1 fully saturated rings. The van der Waals surface area contributed by atoms with Gasteiger partial charge in [-0.25, -0.2) is 0 Å². The summed E-state index contributed by atoms with van der Waals surface area (Å²) < 4.78 is 12.0. The van der Waals surface area contributed by atoms with Crippen LogP contribution in [0.1, 0.15) is 39.0 Å². The van der Waals surface area contributed by atoms with Gasteiger partial charge in [-0.05, 0) is 38.0 Å². The van der Waals surface area contributed by atoms with Crippen molar-refractivity contribution < 1.29 is 14.6 Å². The Morgan fingerprint density at radius 1 is 1.29 bits per heavy atom. The van der Waals surface area contributed by atoms with E-state index in [1.165, 1.54) is 0 Å². The summed E-state index contributed by atoms with van der Waals surface area (Å²) in [5.74, 6) is 0.557. The molecule has 0 aromatic rings. The van der Waals surface area contributed by atoms with Crippen LogP contribution in [0.2, 0.25) is 0 Å². The number of ether oxygens (including phenoxy) is 2. The number of rotatable bonds is 3. The molecule has 17 heavy (non-hydrogen) atoms. The predicted molar refractivity (Wildman–Crippen MR) is 66.9 cm³/mol. The highest BCUT2D eigenvalue weighted by atomic mass is 16.5. The standard InChI is InChI=1S/C14H24O3/c1-11-6-7-12(4-2-8-15)17-13-5-3-9-16-14(13)10-11/h6-7,11-15H,2-5,8-10H2,1H3/b7-6-/t11-,12-,13+,14-/m1/s1. The fourth-order valence-corrected chi connectivity index (χ4v) is 2.67. The van der Waals surface area contributed by atoms with Crippen LogP contribution in [0.3, 0.4) is 0 Å². The maximum absolute atomic E-state index is 8.90. The summed E-state index contributed by atoms with van der Waals surface area (Å²) in [5.41, 5.74) is 0. The van der Waals surface area contributed by atoms with Gasteiger partial charge in [0.1, 0.15) is 0 Å². The van der Waals surface area contributed by atoms with Gasteiger partial charge in [0.2, 0.25) is 0 Å². The maximum Gasteiger partial charge on any atom is 0.0845 e. The molecule has 0 amide bonds.